The predicted molar refractivity (Wildman–Crippen MR) is 84.4 cm³/mol. The smallest absolute Gasteiger partial charge is 0.244 e. The summed E-state index contributed by atoms with van der Waals surface area (Å²) < 4.78 is 27.5. The second kappa shape index (κ2) is 6.32. The van der Waals surface area contributed by atoms with Crippen LogP contribution in [-0.2, 0) is 10.0 Å². The first-order valence-corrected chi connectivity index (χ1v) is 9.65. The first-order valence-electron chi connectivity index (χ1n) is 7.41. The summed E-state index contributed by atoms with van der Waals surface area (Å²) in [5.41, 5.74) is 0. The molecular weight excluding hydrogens is 354 g/mol. The van der Waals surface area contributed by atoms with Crippen molar-refractivity contribution in [2.75, 3.05) is 19.6 Å². The zero-order valence-corrected chi connectivity index (χ0v) is 14.2. The zero-order chi connectivity index (χ0) is 14.9. The van der Waals surface area contributed by atoms with Crippen LogP contribution in [0.15, 0.2) is 27.8 Å². The number of hydrogen-bond acceptors (Lipinski definition) is 4. The molecule has 0 aromatic carbocycles. The van der Waals surface area contributed by atoms with Crippen molar-refractivity contribution in [3.8, 4) is 0 Å². The molecule has 2 aliphatic rings. The first-order chi connectivity index (χ1) is 10.1. The van der Waals surface area contributed by atoms with Crippen LogP contribution in [-0.4, -0.2) is 43.4 Å². The van der Waals surface area contributed by atoms with Crippen LogP contribution in [0.2, 0.25) is 0 Å². The lowest BCUT2D eigenvalue weighted by Gasteiger charge is -2.34. The summed E-state index contributed by atoms with van der Waals surface area (Å²) in [5, 5.41) is 3.53. The summed E-state index contributed by atoms with van der Waals surface area (Å²) in [6.45, 7) is 2.32. The number of aromatic nitrogens is 1. The molecule has 21 heavy (non-hydrogen) atoms. The maximum absolute atomic E-state index is 12.6. The second-order valence-corrected chi connectivity index (χ2v) is 8.64. The van der Waals surface area contributed by atoms with Gasteiger partial charge in [-0.3, -0.25) is 4.98 Å². The number of rotatable bonds is 3. The summed E-state index contributed by atoms with van der Waals surface area (Å²) in [7, 11) is -3.41. The minimum absolute atomic E-state index is 0.273. The van der Waals surface area contributed by atoms with Crippen molar-refractivity contribution in [3.63, 3.8) is 0 Å². The number of nitrogens with zero attached hydrogens (tertiary/aromatic N) is 2. The highest BCUT2D eigenvalue weighted by Crippen LogP contribution is 2.29. The van der Waals surface area contributed by atoms with Crippen molar-refractivity contribution >= 4 is 26.0 Å². The Morgan fingerprint density at radius 2 is 2.00 bits per heavy atom. The largest absolute Gasteiger partial charge is 0.314 e. The van der Waals surface area contributed by atoms with Gasteiger partial charge in [-0.05, 0) is 60.1 Å². The molecule has 1 unspecified atom stereocenters. The van der Waals surface area contributed by atoms with Gasteiger partial charge in [-0.2, -0.15) is 4.31 Å². The van der Waals surface area contributed by atoms with Crippen molar-refractivity contribution in [3.05, 3.63) is 22.9 Å². The summed E-state index contributed by atoms with van der Waals surface area (Å²) >= 11 is 3.28. The van der Waals surface area contributed by atoms with Crippen LogP contribution in [0.5, 0.6) is 0 Å². The highest BCUT2D eigenvalue weighted by molar-refractivity contribution is 9.10. The average molecular weight is 374 g/mol. The first kappa shape index (κ1) is 15.4. The van der Waals surface area contributed by atoms with Gasteiger partial charge in [0.25, 0.3) is 0 Å². The minimum atomic E-state index is -3.41. The molecule has 0 aliphatic carbocycles. The van der Waals surface area contributed by atoms with Crippen LogP contribution in [0.1, 0.15) is 25.7 Å². The molecule has 116 valence electrons. The molecule has 0 saturated carbocycles. The molecule has 0 amide bonds. The van der Waals surface area contributed by atoms with E-state index >= 15 is 0 Å². The van der Waals surface area contributed by atoms with Gasteiger partial charge in [0.05, 0.1) is 0 Å². The fourth-order valence-electron chi connectivity index (χ4n) is 3.31. The number of nitrogens with one attached hydrogen (secondary N) is 1. The van der Waals surface area contributed by atoms with E-state index in [9.17, 15) is 8.42 Å². The van der Waals surface area contributed by atoms with Gasteiger partial charge in [-0.25, -0.2) is 8.42 Å². The second-order valence-electron chi connectivity index (χ2n) is 5.78. The molecule has 3 heterocycles. The summed E-state index contributed by atoms with van der Waals surface area (Å²) in [6.07, 6.45) is 7.37. The molecule has 1 atom stereocenters. The Balaban J connectivity index is 1.68. The van der Waals surface area contributed by atoms with E-state index in [2.05, 4.69) is 26.2 Å². The molecule has 2 aliphatic heterocycles. The average Bonchev–Trinajstić information content (AvgIpc) is 3.02. The molecule has 7 heteroatoms. The summed E-state index contributed by atoms with van der Waals surface area (Å²) in [5.74, 6) is 0.611. The molecule has 0 spiro atoms. The Morgan fingerprint density at radius 1 is 1.24 bits per heavy atom. The fourth-order valence-corrected chi connectivity index (χ4v) is 5.29. The van der Waals surface area contributed by atoms with E-state index in [0.29, 0.717) is 29.5 Å². The third-order valence-corrected chi connectivity index (χ3v) is 6.78. The molecule has 2 saturated heterocycles. The molecule has 0 bridgehead atoms. The lowest BCUT2D eigenvalue weighted by molar-refractivity contribution is 0.234. The highest BCUT2D eigenvalue weighted by atomic mass is 79.9. The number of piperidine rings is 1. The lowest BCUT2D eigenvalue weighted by Crippen LogP contribution is -2.43. The van der Waals surface area contributed by atoms with Crippen molar-refractivity contribution in [2.45, 2.75) is 36.6 Å². The molecule has 5 nitrogen and oxygen atoms in total. The number of pyridine rings is 1. The lowest BCUT2D eigenvalue weighted by atomic mass is 9.89. The topological polar surface area (TPSA) is 62.3 Å². The number of halogens is 1. The number of sulfonamides is 1. The predicted octanol–water partition coefficient (Wildman–Crippen LogP) is 2.00. The summed E-state index contributed by atoms with van der Waals surface area (Å²) in [6, 6.07) is 2.20. The van der Waals surface area contributed by atoms with Gasteiger partial charge in [-0.15, -0.1) is 0 Å². The molecule has 1 aromatic rings. The molecule has 2 fully saturated rings. The van der Waals surface area contributed by atoms with E-state index in [4.69, 9.17) is 0 Å². The molecule has 1 aromatic heterocycles. The van der Waals surface area contributed by atoms with E-state index in [1.165, 1.54) is 19.0 Å². The van der Waals surface area contributed by atoms with E-state index in [-0.39, 0.29) is 4.90 Å². The van der Waals surface area contributed by atoms with Crippen molar-refractivity contribution < 1.29 is 8.42 Å². The molecule has 3 rings (SSSR count). The van der Waals surface area contributed by atoms with Crippen LogP contribution in [0, 0.1) is 5.92 Å². The Labute approximate surface area is 134 Å². The zero-order valence-electron chi connectivity index (χ0n) is 11.8. The van der Waals surface area contributed by atoms with Crippen LogP contribution >= 0.6 is 15.9 Å². The maximum atomic E-state index is 12.6. The molecule has 1 N–H and O–H groups in total. The van der Waals surface area contributed by atoms with Crippen LogP contribution in [0.3, 0.4) is 0 Å². The van der Waals surface area contributed by atoms with Gasteiger partial charge in [0, 0.05) is 36.0 Å². The summed E-state index contributed by atoms with van der Waals surface area (Å²) in [4.78, 5) is 4.23. The van der Waals surface area contributed by atoms with E-state index in [1.54, 1.807) is 16.6 Å². The van der Waals surface area contributed by atoms with E-state index in [0.717, 1.165) is 19.4 Å². The standard InChI is InChI=1S/C14H20BrN3O2S/c15-12-8-13(10-16-9-12)21(19,20)18-6-3-11(4-7-18)14-2-1-5-17-14/h8-11,14,17H,1-7H2. The van der Waals surface area contributed by atoms with Crippen LogP contribution in [0.4, 0.5) is 0 Å². The fraction of sp³-hybridized carbons (Fsp3) is 0.643. The third-order valence-electron chi connectivity index (χ3n) is 4.48. The van der Waals surface area contributed by atoms with Crippen molar-refractivity contribution in [1.82, 2.24) is 14.6 Å². The number of hydrogen-bond donors (Lipinski definition) is 1. The maximum Gasteiger partial charge on any atom is 0.244 e. The van der Waals surface area contributed by atoms with E-state index in [1.807, 2.05) is 0 Å². The third kappa shape index (κ3) is 3.31. The van der Waals surface area contributed by atoms with Gasteiger partial charge in [0.15, 0.2) is 0 Å². The van der Waals surface area contributed by atoms with Gasteiger partial charge in [-0.1, -0.05) is 0 Å². The van der Waals surface area contributed by atoms with Crippen LogP contribution < -0.4 is 5.32 Å². The van der Waals surface area contributed by atoms with Gasteiger partial charge in [0.2, 0.25) is 10.0 Å². The molecule has 0 radical (unpaired) electrons. The normalized spacial score (nSPS) is 25.3. The quantitative estimate of drug-likeness (QED) is 0.879. The minimum Gasteiger partial charge on any atom is -0.314 e. The molecular formula is C14H20BrN3O2S. The Morgan fingerprint density at radius 3 is 2.62 bits per heavy atom. The van der Waals surface area contributed by atoms with Crippen LogP contribution in [0.25, 0.3) is 0 Å². The van der Waals surface area contributed by atoms with Gasteiger partial charge < -0.3 is 5.32 Å². The van der Waals surface area contributed by atoms with Crippen molar-refractivity contribution in [1.29, 1.82) is 0 Å². The highest BCUT2D eigenvalue weighted by Gasteiger charge is 2.33. The SMILES string of the molecule is O=S(=O)(c1cncc(Br)c1)N1CCC(C2CCCN2)CC1. The van der Waals surface area contributed by atoms with E-state index < -0.39 is 10.0 Å². The van der Waals surface area contributed by atoms with Crippen molar-refractivity contribution in [2.24, 2.45) is 5.92 Å². The monoisotopic (exact) mass is 373 g/mol. The van der Waals surface area contributed by atoms with Gasteiger partial charge in [0.1, 0.15) is 4.90 Å². The van der Waals surface area contributed by atoms with Gasteiger partial charge >= 0.3 is 0 Å². The Kier molecular flexibility index (Phi) is 4.63. The Bertz CT molecular complexity index is 594. The Hall–Kier alpha value is -0.500.